The van der Waals surface area contributed by atoms with Gasteiger partial charge in [-0.3, -0.25) is 14.8 Å². The van der Waals surface area contributed by atoms with Crippen molar-refractivity contribution in [3.8, 4) is 0 Å². The lowest BCUT2D eigenvalue weighted by Gasteiger charge is -2.33. The molecule has 1 aliphatic carbocycles. The van der Waals surface area contributed by atoms with E-state index in [-0.39, 0.29) is 24.0 Å². The standard InChI is InChI=1S/C21H28N4O3/c1-13(2)12-22-21(27)28-17-9-16(10-17)18-11-20(24-23-18)25(15(4)26)19-8-6-5-7-14(19)3/h5-8,11,13,16-17H,9-10,12H2,1-4H3,(H,22,27)(H,23,24). The minimum absolute atomic E-state index is 0.0795. The van der Waals surface area contributed by atoms with E-state index in [9.17, 15) is 9.59 Å². The number of alkyl carbamates (subject to hydrolysis) is 1. The van der Waals surface area contributed by atoms with Gasteiger partial charge in [0.25, 0.3) is 0 Å². The van der Waals surface area contributed by atoms with Gasteiger partial charge in [-0.25, -0.2) is 4.79 Å². The fourth-order valence-electron chi connectivity index (χ4n) is 3.31. The van der Waals surface area contributed by atoms with E-state index in [0.717, 1.165) is 29.8 Å². The van der Waals surface area contributed by atoms with E-state index in [1.807, 2.05) is 51.1 Å². The number of nitrogens with one attached hydrogen (secondary N) is 2. The second kappa shape index (κ2) is 8.46. The number of benzene rings is 1. The lowest BCUT2D eigenvalue weighted by molar-refractivity contribution is -0.115. The molecule has 0 atom stereocenters. The Morgan fingerprint density at radius 2 is 2.04 bits per heavy atom. The number of aromatic amines is 1. The van der Waals surface area contributed by atoms with Gasteiger partial charge in [0.2, 0.25) is 5.91 Å². The summed E-state index contributed by atoms with van der Waals surface area (Å²) in [6.07, 6.45) is 1.07. The van der Waals surface area contributed by atoms with Gasteiger partial charge in [-0.2, -0.15) is 5.10 Å². The van der Waals surface area contributed by atoms with Crippen molar-refractivity contribution < 1.29 is 14.3 Å². The van der Waals surface area contributed by atoms with Gasteiger partial charge in [0.05, 0.1) is 5.69 Å². The van der Waals surface area contributed by atoms with Crippen molar-refractivity contribution in [3.63, 3.8) is 0 Å². The summed E-state index contributed by atoms with van der Waals surface area (Å²) >= 11 is 0. The molecule has 0 unspecified atom stereocenters. The molecule has 7 nitrogen and oxygen atoms in total. The van der Waals surface area contributed by atoms with Crippen LogP contribution in [0.5, 0.6) is 0 Å². The first kappa shape index (κ1) is 19.9. The number of H-pyrrole nitrogens is 1. The minimum Gasteiger partial charge on any atom is -0.446 e. The predicted octanol–water partition coefficient (Wildman–Crippen LogP) is 4.03. The maximum Gasteiger partial charge on any atom is 0.407 e. The van der Waals surface area contributed by atoms with Crippen LogP contribution < -0.4 is 10.2 Å². The average Bonchev–Trinajstić information content (AvgIpc) is 3.06. The van der Waals surface area contributed by atoms with Crippen LogP contribution >= 0.6 is 0 Å². The highest BCUT2D eigenvalue weighted by atomic mass is 16.6. The molecule has 1 heterocycles. The topological polar surface area (TPSA) is 87.3 Å². The first-order chi connectivity index (χ1) is 13.3. The van der Waals surface area contributed by atoms with Crippen LogP contribution in [0, 0.1) is 12.8 Å². The van der Waals surface area contributed by atoms with Gasteiger partial charge in [-0.15, -0.1) is 0 Å². The van der Waals surface area contributed by atoms with Crippen LogP contribution in [-0.2, 0) is 9.53 Å². The Bertz CT molecular complexity index is 840. The first-order valence-electron chi connectivity index (χ1n) is 9.71. The van der Waals surface area contributed by atoms with Gasteiger partial charge in [-0.05, 0) is 37.3 Å². The van der Waals surface area contributed by atoms with E-state index >= 15 is 0 Å². The Morgan fingerprint density at radius 3 is 2.68 bits per heavy atom. The van der Waals surface area contributed by atoms with Gasteiger partial charge in [0.1, 0.15) is 6.10 Å². The van der Waals surface area contributed by atoms with Crippen molar-refractivity contribution in [2.45, 2.75) is 52.6 Å². The van der Waals surface area contributed by atoms with E-state index in [2.05, 4.69) is 15.5 Å². The number of amides is 2. The van der Waals surface area contributed by atoms with Crippen LogP contribution in [0.2, 0.25) is 0 Å². The molecular weight excluding hydrogens is 356 g/mol. The zero-order valence-corrected chi connectivity index (χ0v) is 16.9. The molecule has 0 saturated heterocycles. The molecule has 1 aliphatic rings. The van der Waals surface area contributed by atoms with E-state index in [1.165, 1.54) is 6.92 Å². The van der Waals surface area contributed by atoms with E-state index in [0.29, 0.717) is 18.3 Å². The zero-order chi connectivity index (χ0) is 20.3. The number of hydrogen-bond acceptors (Lipinski definition) is 4. The molecule has 0 spiro atoms. The number of carbonyl (C=O) groups is 2. The number of carbonyl (C=O) groups excluding carboxylic acids is 2. The molecule has 1 aromatic heterocycles. The number of hydrogen-bond donors (Lipinski definition) is 2. The SMILES string of the molecule is CC(=O)N(c1cc(C2CC(OC(=O)NCC(C)C)C2)[nH]n1)c1ccccc1C. The fourth-order valence-corrected chi connectivity index (χ4v) is 3.31. The Labute approximate surface area is 165 Å². The molecule has 0 bridgehead atoms. The van der Waals surface area contributed by atoms with Gasteiger partial charge >= 0.3 is 6.09 Å². The molecule has 2 aromatic rings. The third-order valence-corrected chi connectivity index (χ3v) is 4.95. The third-order valence-electron chi connectivity index (χ3n) is 4.95. The molecule has 1 saturated carbocycles. The molecule has 3 rings (SSSR count). The molecule has 1 aromatic carbocycles. The number of ether oxygens (including phenoxy) is 1. The highest BCUT2D eigenvalue weighted by Gasteiger charge is 2.35. The van der Waals surface area contributed by atoms with Crippen molar-refractivity contribution >= 4 is 23.5 Å². The average molecular weight is 384 g/mol. The number of aromatic nitrogens is 2. The van der Waals surface area contributed by atoms with Gasteiger partial charge in [-0.1, -0.05) is 32.0 Å². The highest BCUT2D eigenvalue weighted by molar-refractivity contribution is 5.98. The van der Waals surface area contributed by atoms with Gasteiger partial charge in [0, 0.05) is 31.1 Å². The maximum absolute atomic E-state index is 12.3. The van der Waals surface area contributed by atoms with Crippen molar-refractivity contribution in [2.75, 3.05) is 11.4 Å². The Morgan fingerprint density at radius 1 is 1.32 bits per heavy atom. The second-order valence-electron chi connectivity index (χ2n) is 7.79. The summed E-state index contributed by atoms with van der Waals surface area (Å²) in [5.41, 5.74) is 2.79. The number of rotatable bonds is 6. The van der Waals surface area contributed by atoms with Crippen molar-refractivity contribution in [3.05, 3.63) is 41.6 Å². The minimum atomic E-state index is -0.357. The van der Waals surface area contributed by atoms with Crippen molar-refractivity contribution in [1.82, 2.24) is 15.5 Å². The van der Waals surface area contributed by atoms with Crippen LogP contribution in [0.3, 0.4) is 0 Å². The third kappa shape index (κ3) is 4.52. The summed E-state index contributed by atoms with van der Waals surface area (Å²) in [6, 6.07) is 9.64. The Balaban J connectivity index is 1.61. The summed E-state index contributed by atoms with van der Waals surface area (Å²) in [5, 5.41) is 10.2. The van der Waals surface area contributed by atoms with Crippen LogP contribution in [0.1, 0.15) is 50.8 Å². The largest absolute Gasteiger partial charge is 0.446 e. The van der Waals surface area contributed by atoms with Gasteiger partial charge < -0.3 is 10.1 Å². The number of anilines is 2. The van der Waals surface area contributed by atoms with Gasteiger partial charge in [0.15, 0.2) is 5.82 Å². The predicted molar refractivity (Wildman–Crippen MR) is 108 cm³/mol. The lowest BCUT2D eigenvalue weighted by atomic mass is 9.80. The maximum atomic E-state index is 12.3. The summed E-state index contributed by atoms with van der Waals surface area (Å²) in [5.74, 6) is 1.12. The number of aryl methyl sites for hydroxylation is 1. The van der Waals surface area contributed by atoms with Crippen LogP contribution in [0.15, 0.2) is 30.3 Å². The number of para-hydroxylation sites is 1. The van der Waals surface area contributed by atoms with Crippen LogP contribution in [-0.4, -0.2) is 34.8 Å². The molecular formula is C21H28N4O3. The summed E-state index contributed by atoms with van der Waals surface area (Å²) < 4.78 is 5.42. The number of nitrogens with zero attached hydrogens (tertiary/aromatic N) is 2. The normalized spacial score (nSPS) is 18.5. The molecule has 7 heteroatoms. The Hall–Kier alpha value is -2.83. The second-order valence-corrected chi connectivity index (χ2v) is 7.79. The first-order valence-corrected chi connectivity index (χ1v) is 9.71. The molecule has 0 radical (unpaired) electrons. The van der Waals surface area contributed by atoms with E-state index < -0.39 is 0 Å². The molecule has 2 N–H and O–H groups in total. The zero-order valence-electron chi connectivity index (χ0n) is 16.9. The van der Waals surface area contributed by atoms with Crippen LogP contribution in [0.25, 0.3) is 0 Å². The molecule has 1 fully saturated rings. The lowest BCUT2D eigenvalue weighted by Crippen LogP contribution is -2.37. The molecule has 28 heavy (non-hydrogen) atoms. The molecule has 0 aliphatic heterocycles. The Kier molecular flexibility index (Phi) is 6.02. The smallest absolute Gasteiger partial charge is 0.407 e. The highest BCUT2D eigenvalue weighted by Crippen LogP contribution is 2.39. The summed E-state index contributed by atoms with van der Waals surface area (Å²) in [6.45, 7) is 8.19. The monoisotopic (exact) mass is 384 g/mol. The van der Waals surface area contributed by atoms with Crippen molar-refractivity contribution in [1.29, 1.82) is 0 Å². The van der Waals surface area contributed by atoms with Crippen LogP contribution in [0.4, 0.5) is 16.3 Å². The summed E-state index contributed by atoms with van der Waals surface area (Å²) in [4.78, 5) is 25.6. The molecule has 150 valence electrons. The van der Waals surface area contributed by atoms with Crippen molar-refractivity contribution in [2.24, 2.45) is 5.92 Å². The summed E-state index contributed by atoms with van der Waals surface area (Å²) in [7, 11) is 0. The quantitative estimate of drug-likeness (QED) is 0.787. The van der Waals surface area contributed by atoms with E-state index in [4.69, 9.17) is 4.74 Å². The molecule has 2 amide bonds. The van der Waals surface area contributed by atoms with E-state index in [1.54, 1.807) is 4.90 Å². The fraction of sp³-hybridized carbons (Fsp3) is 0.476.